The van der Waals surface area contributed by atoms with Gasteiger partial charge in [0.05, 0.1) is 0 Å². The Morgan fingerprint density at radius 3 is 2.78 bits per heavy atom. The molecule has 4 heteroatoms. The summed E-state index contributed by atoms with van der Waals surface area (Å²) in [5.41, 5.74) is 1.74. The average Bonchev–Trinajstić information content (AvgIpc) is 3.02. The fourth-order valence-electron chi connectivity index (χ4n) is 3.21. The van der Waals surface area contributed by atoms with Crippen LogP contribution in [0.3, 0.4) is 0 Å². The molecule has 3 rings (SSSR count). The zero-order valence-electron chi connectivity index (χ0n) is 14.0. The van der Waals surface area contributed by atoms with E-state index < -0.39 is 0 Å². The van der Waals surface area contributed by atoms with Crippen molar-refractivity contribution in [3.05, 3.63) is 41.4 Å². The summed E-state index contributed by atoms with van der Waals surface area (Å²) in [6.07, 6.45) is 3.45. The highest BCUT2D eigenvalue weighted by atomic mass is 32.1. The molecule has 1 aromatic heterocycles. The lowest BCUT2D eigenvalue weighted by Gasteiger charge is -2.41. The molecule has 2 atom stereocenters. The maximum Gasteiger partial charge on any atom is 0.271 e. The van der Waals surface area contributed by atoms with Crippen LogP contribution in [0.25, 0.3) is 10.6 Å². The molecule has 0 bridgehead atoms. The van der Waals surface area contributed by atoms with E-state index in [2.05, 4.69) is 31.1 Å². The minimum Gasteiger partial charge on any atom is -0.347 e. The number of carbonyl (C=O) groups excluding carboxylic acids is 1. The van der Waals surface area contributed by atoms with Gasteiger partial charge in [-0.05, 0) is 24.2 Å². The summed E-state index contributed by atoms with van der Waals surface area (Å²) in [5.74, 6) is 0.624. The molecule has 1 saturated carbocycles. The van der Waals surface area contributed by atoms with E-state index in [0.29, 0.717) is 11.6 Å². The second-order valence-electron chi connectivity index (χ2n) is 7.30. The van der Waals surface area contributed by atoms with Gasteiger partial charge in [0.2, 0.25) is 0 Å². The number of nitrogens with zero attached hydrogens (tertiary/aromatic N) is 1. The molecule has 1 heterocycles. The SMILES string of the molecule is C[C@@H]1CCC(C)(C)[C@@H](NC(=O)c2csc(-c3ccccc3)n2)C1. The van der Waals surface area contributed by atoms with E-state index in [1.54, 1.807) is 0 Å². The summed E-state index contributed by atoms with van der Waals surface area (Å²) in [6.45, 7) is 6.77. The van der Waals surface area contributed by atoms with Crippen LogP contribution in [0.5, 0.6) is 0 Å². The molecule has 0 saturated heterocycles. The number of hydrogen-bond acceptors (Lipinski definition) is 3. The Morgan fingerprint density at radius 2 is 2.04 bits per heavy atom. The number of nitrogens with one attached hydrogen (secondary N) is 1. The molecule has 3 nitrogen and oxygen atoms in total. The van der Waals surface area contributed by atoms with Gasteiger partial charge in [-0.3, -0.25) is 4.79 Å². The van der Waals surface area contributed by atoms with E-state index in [4.69, 9.17) is 0 Å². The Balaban J connectivity index is 1.72. The quantitative estimate of drug-likeness (QED) is 0.883. The zero-order valence-corrected chi connectivity index (χ0v) is 14.8. The highest BCUT2D eigenvalue weighted by Gasteiger charge is 2.36. The summed E-state index contributed by atoms with van der Waals surface area (Å²) in [4.78, 5) is 17.1. The molecule has 0 spiro atoms. The molecule has 0 unspecified atom stereocenters. The lowest BCUT2D eigenvalue weighted by molar-refractivity contribution is 0.0808. The van der Waals surface area contributed by atoms with Crippen LogP contribution < -0.4 is 5.32 Å². The van der Waals surface area contributed by atoms with Gasteiger partial charge in [-0.25, -0.2) is 4.98 Å². The highest BCUT2D eigenvalue weighted by molar-refractivity contribution is 7.13. The summed E-state index contributed by atoms with van der Waals surface area (Å²) < 4.78 is 0. The molecule has 1 fully saturated rings. The summed E-state index contributed by atoms with van der Waals surface area (Å²) in [7, 11) is 0. The van der Waals surface area contributed by atoms with Crippen LogP contribution in [-0.4, -0.2) is 16.9 Å². The minimum atomic E-state index is -0.0457. The topological polar surface area (TPSA) is 42.0 Å². The molecule has 122 valence electrons. The average molecular weight is 328 g/mol. The molecule has 0 radical (unpaired) electrons. The van der Waals surface area contributed by atoms with Gasteiger partial charge in [-0.15, -0.1) is 11.3 Å². The monoisotopic (exact) mass is 328 g/mol. The van der Waals surface area contributed by atoms with Crippen LogP contribution in [0.4, 0.5) is 0 Å². The van der Waals surface area contributed by atoms with Crippen molar-refractivity contribution < 1.29 is 4.79 Å². The normalized spacial score (nSPS) is 23.4. The second-order valence-corrected chi connectivity index (χ2v) is 8.16. The van der Waals surface area contributed by atoms with Crippen molar-refractivity contribution in [3.63, 3.8) is 0 Å². The van der Waals surface area contributed by atoms with Crippen molar-refractivity contribution in [1.82, 2.24) is 10.3 Å². The van der Waals surface area contributed by atoms with Crippen molar-refractivity contribution >= 4 is 17.2 Å². The summed E-state index contributed by atoms with van der Waals surface area (Å²) in [6, 6.07) is 10.2. The maximum atomic E-state index is 12.6. The largest absolute Gasteiger partial charge is 0.347 e. The molecule has 1 aliphatic rings. The summed E-state index contributed by atoms with van der Waals surface area (Å²) >= 11 is 1.52. The molecular formula is C19H24N2OS. The van der Waals surface area contributed by atoms with Crippen LogP contribution in [0.1, 0.15) is 50.5 Å². The number of carbonyl (C=O) groups is 1. The molecule has 1 amide bonds. The van der Waals surface area contributed by atoms with Crippen molar-refractivity contribution in [2.75, 3.05) is 0 Å². The highest BCUT2D eigenvalue weighted by Crippen LogP contribution is 2.38. The Bertz CT molecular complexity index is 678. The molecule has 1 aliphatic carbocycles. The zero-order chi connectivity index (χ0) is 16.4. The van der Waals surface area contributed by atoms with E-state index in [-0.39, 0.29) is 17.4 Å². The van der Waals surface area contributed by atoms with E-state index >= 15 is 0 Å². The smallest absolute Gasteiger partial charge is 0.271 e. The van der Waals surface area contributed by atoms with Gasteiger partial charge in [-0.2, -0.15) is 0 Å². The maximum absolute atomic E-state index is 12.6. The van der Waals surface area contributed by atoms with Crippen LogP contribution in [-0.2, 0) is 0 Å². The third kappa shape index (κ3) is 3.63. The number of thiazole rings is 1. The van der Waals surface area contributed by atoms with E-state index in [1.165, 1.54) is 17.8 Å². The van der Waals surface area contributed by atoms with Crippen molar-refractivity contribution in [3.8, 4) is 10.6 Å². The first-order chi connectivity index (χ1) is 11.0. The Morgan fingerprint density at radius 1 is 1.30 bits per heavy atom. The van der Waals surface area contributed by atoms with E-state index in [1.807, 2.05) is 35.7 Å². The fraction of sp³-hybridized carbons (Fsp3) is 0.474. The third-order valence-corrected chi connectivity index (χ3v) is 5.82. The van der Waals surface area contributed by atoms with Crippen LogP contribution >= 0.6 is 11.3 Å². The molecular weight excluding hydrogens is 304 g/mol. The fourth-order valence-corrected chi connectivity index (χ4v) is 4.02. The molecule has 0 aliphatic heterocycles. The molecule has 23 heavy (non-hydrogen) atoms. The molecule has 1 aromatic carbocycles. The van der Waals surface area contributed by atoms with Gasteiger partial charge >= 0.3 is 0 Å². The number of benzene rings is 1. The predicted octanol–water partition coefficient (Wildman–Crippen LogP) is 4.75. The third-order valence-electron chi connectivity index (χ3n) is 4.93. The van der Waals surface area contributed by atoms with Gasteiger partial charge in [0.1, 0.15) is 10.7 Å². The molecule has 2 aromatic rings. The first-order valence-electron chi connectivity index (χ1n) is 8.27. The minimum absolute atomic E-state index is 0.0457. The molecule has 1 N–H and O–H groups in total. The Labute approximate surface area is 142 Å². The lowest BCUT2D eigenvalue weighted by Crippen LogP contribution is -2.48. The van der Waals surface area contributed by atoms with Crippen LogP contribution in [0.15, 0.2) is 35.7 Å². The van der Waals surface area contributed by atoms with Crippen LogP contribution in [0, 0.1) is 11.3 Å². The summed E-state index contributed by atoms with van der Waals surface area (Å²) in [5, 5.41) is 5.98. The number of rotatable bonds is 3. The number of hydrogen-bond donors (Lipinski definition) is 1. The van der Waals surface area contributed by atoms with Gasteiger partial charge < -0.3 is 5.32 Å². The van der Waals surface area contributed by atoms with Crippen molar-refractivity contribution in [1.29, 1.82) is 0 Å². The second kappa shape index (κ2) is 6.44. The van der Waals surface area contributed by atoms with Gasteiger partial charge in [0.25, 0.3) is 5.91 Å². The van der Waals surface area contributed by atoms with Gasteiger partial charge in [0.15, 0.2) is 0 Å². The number of amides is 1. The Kier molecular flexibility index (Phi) is 4.53. The predicted molar refractivity (Wildman–Crippen MR) is 95.6 cm³/mol. The standard InChI is InChI=1S/C19H24N2OS/c1-13-9-10-19(2,3)16(11-13)21-17(22)15-12-23-18(20-15)14-7-5-4-6-8-14/h4-8,12-13,16H,9-11H2,1-3H3,(H,21,22)/t13-,16+/m1/s1. The first-order valence-corrected chi connectivity index (χ1v) is 9.15. The van der Waals surface area contributed by atoms with Gasteiger partial charge in [0, 0.05) is 17.0 Å². The number of aromatic nitrogens is 1. The van der Waals surface area contributed by atoms with E-state index in [0.717, 1.165) is 23.4 Å². The Hall–Kier alpha value is -1.68. The van der Waals surface area contributed by atoms with Crippen molar-refractivity contribution in [2.24, 2.45) is 11.3 Å². The van der Waals surface area contributed by atoms with Crippen LogP contribution in [0.2, 0.25) is 0 Å². The van der Waals surface area contributed by atoms with Crippen molar-refractivity contribution in [2.45, 2.75) is 46.1 Å². The van der Waals surface area contributed by atoms with E-state index in [9.17, 15) is 4.79 Å². The lowest BCUT2D eigenvalue weighted by atomic mass is 9.70. The van der Waals surface area contributed by atoms with Gasteiger partial charge in [-0.1, -0.05) is 57.5 Å². The first kappa shape index (κ1) is 16.2.